The van der Waals surface area contributed by atoms with Gasteiger partial charge in [-0.3, -0.25) is 0 Å². The Labute approximate surface area is 144 Å². The van der Waals surface area contributed by atoms with Gasteiger partial charge in [-0.05, 0) is 0 Å². The molecule has 24 heavy (non-hydrogen) atoms. The molecule has 3 aromatic carbocycles. The Kier molecular flexibility index (Phi) is 5.43. The average molecular weight is 338 g/mol. The second-order valence-corrected chi connectivity index (χ2v) is 10.1. The number of alkyl halides is 1. The van der Waals surface area contributed by atoms with Crippen LogP contribution in [0.3, 0.4) is 0 Å². The molecule has 0 aliphatic heterocycles. The maximum absolute atomic E-state index is 15.8. The van der Waals surface area contributed by atoms with Gasteiger partial charge >= 0.3 is 144 Å². The molecule has 124 valence electrons. The molecule has 0 nitrogen and oxygen atoms in total. The normalized spacial score (nSPS) is 13.4. The predicted octanol–water partition coefficient (Wildman–Crippen LogP) is 4.81. The van der Waals surface area contributed by atoms with E-state index in [-0.39, 0.29) is 0 Å². The van der Waals surface area contributed by atoms with Gasteiger partial charge < -0.3 is 0 Å². The molecular formula is C22H24FP. The van der Waals surface area contributed by atoms with E-state index in [4.69, 9.17) is 0 Å². The molecule has 0 aliphatic rings. The predicted molar refractivity (Wildman–Crippen MR) is 106 cm³/mol. The Hall–Kier alpha value is -1.98. The summed E-state index contributed by atoms with van der Waals surface area (Å²) in [5.74, 6) is -0.852. The Morgan fingerprint density at radius 2 is 1.00 bits per heavy atom. The Bertz CT molecular complexity index is 644. The second kappa shape index (κ2) is 7.73. The standard InChI is InChI=1S/C22H24FP/c1-2-12-22(23)24(19-13-6-3-7-14-19,20-15-8-4-9-16-20)21-17-10-5-11-18-21/h3-11,13-18,22,24H,2,12H2,1H3. The van der Waals surface area contributed by atoms with Crippen LogP contribution in [0.1, 0.15) is 19.8 Å². The van der Waals surface area contributed by atoms with E-state index in [9.17, 15) is 0 Å². The van der Waals surface area contributed by atoms with Crippen molar-refractivity contribution < 1.29 is 4.39 Å². The molecule has 0 amide bonds. The van der Waals surface area contributed by atoms with E-state index < -0.39 is 13.2 Å². The van der Waals surface area contributed by atoms with Gasteiger partial charge in [0.1, 0.15) is 0 Å². The van der Waals surface area contributed by atoms with Crippen molar-refractivity contribution in [3.05, 3.63) is 91.0 Å². The van der Waals surface area contributed by atoms with Crippen LogP contribution >= 0.6 is 7.26 Å². The first-order valence-corrected chi connectivity index (χ1v) is 10.7. The van der Waals surface area contributed by atoms with Crippen LogP contribution in [0.25, 0.3) is 0 Å². The molecule has 0 spiro atoms. The number of halogens is 1. The van der Waals surface area contributed by atoms with Gasteiger partial charge in [-0.2, -0.15) is 0 Å². The van der Waals surface area contributed by atoms with Gasteiger partial charge in [-0.15, -0.1) is 0 Å². The summed E-state index contributed by atoms with van der Waals surface area (Å²) < 4.78 is 15.8. The topological polar surface area (TPSA) is 0 Å². The zero-order valence-corrected chi connectivity index (χ0v) is 15.0. The zero-order valence-electron chi connectivity index (χ0n) is 14.0. The summed E-state index contributed by atoms with van der Waals surface area (Å²) >= 11 is 0. The quantitative estimate of drug-likeness (QED) is 0.566. The van der Waals surface area contributed by atoms with Crippen LogP contribution in [0.15, 0.2) is 91.0 Å². The minimum atomic E-state index is -2.71. The third kappa shape index (κ3) is 3.01. The third-order valence-electron chi connectivity index (χ3n) is 4.70. The van der Waals surface area contributed by atoms with Gasteiger partial charge in [0.15, 0.2) is 0 Å². The summed E-state index contributed by atoms with van der Waals surface area (Å²) in [5, 5.41) is 3.43. The third-order valence-corrected chi connectivity index (χ3v) is 9.66. The molecule has 0 aliphatic carbocycles. The van der Waals surface area contributed by atoms with Gasteiger partial charge in [0, 0.05) is 0 Å². The van der Waals surface area contributed by atoms with Crippen molar-refractivity contribution in [1.82, 2.24) is 0 Å². The molecule has 2 heteroatoms. The van der Waals surface area contributed by atoms with Crippen molar-refractivity contribution in [2.24, 2.45) is 0 Å². The van der Waals surface area contributed by atoms with Crippen LogP contribution < -0.4 is 15.9 Å². The molecule has 0 N–H and O–H groups in total. The van der Waals surface area contributed by atoms with Crippen molar-refractivity contribution in [2.75, 3.05) is 0 Å². The van der Waals surface area contributed by atoms with E-state index in [0.717, 1.165) is 22.3 Å². The summed E-state index contributed by atoms with van der Waals surface area (Å²) in [4.78, 5) is 0. The first kappa shape index (κ1) is 16.9. The molecule has 0 saturated carbocycles. The second-order valence-electron chi connectivity index (χ2n) is 6.16. The summed E-state index contributed by atoms with van der Waals surface area (Å²) in [6, 6.07) is 30.8. The van der Waals surface area contributed by atoms with Crippen LogP contribution in [0.4, 0.5) is 4.39 Å². The molecule has 0 aromatic heterocycles. The van der Waals surface area contributed by atoms with Crippen molar-refractivity contribution >= 4 is 23.2 Å². The molecule has 1 atom stereocenters. The van der Waals surface area contributed by atoms with E-state index in [0.29, 0.717) is 6.42 Å². The summed E-state index contributed by atoms with van der Waals surface area (Å²) in [5.41, 5.74) is 0. The average Bonchev–Trinajstić information content (AvgIpc) is 2.65. The van der Waals surface area contributed by atoms with E-state index >= 15 is 4.39 Å². The van der Waals surface area contributed by atoms with E-state index in [1.807, 2.05) is 54.6 Å². The molecule has 3 rings (SSSR count). The van der Waals surface area contributed by atoms with E-state index in [1.165, 1.54) is 0 Å². The first-order chi connectivity index (χ1) is 11.8. The van der Waals surface area contributed by atoms with Crippen LogP contribution in [-0.4, -0.2) is 5.91 Å². The van der Waals surface area contributed by atoms with Crippen LogP contribution in [0.2, 0.25) is 0 Å². The first-order valence-electron chi connectivity index (χ1n) is 8.60. The number of hydrogen-bond acceptors (Lipinski definition) is 0. The van der Waals surface area contributed by atoms with E-state index in [2.05, 4.69) is 43.3 Å². The van der Waals surface area contributed by atoms with E-state index in [1.54, 1.807) is 0 Å². The fraction of sp³-hybridized carbons (Fsp3) is 0.182. The molecular weight excluding hydrogens is 314 g/mol. The van der Waals surface area contributed by atoms with Crippen LogP contribution in [0.5, 0.6) is 0 Å². The van der Waals surface area contributed by atoms with Gasteiger partial charge in [-0.25, -0.2) is 0 Å². The molecule has 1 unspecified atom stereocenters. The molecule has 0 radical (unpaired) electrons. The molecule has 0 saturated heterocycles. The number of hydrogen-bond donors (Lipinski definition) is 0. The van der Waals surface area contributed by atoms with Crippen LogP contribution in [0, 0.1) is 0 Å². The number of benzene rings is 3. The maximum atomic E-state index is 15.8. The SMILES string of the molecule is CCCC(F)[PH](c1ccccc1)(c1ccccc1)c1ccccc1. The van der Waals surface area contributed by atoms with Crippen molar-refractivity contribution in [3.63, 3.8) is 0 Å². The minimum absolute atomic E-state index is 0.588. The Morgan fingerprint density at radius 3 is 1.29 bits per heavy atom. The molecule has 0 bridgehead atoms. The summed E-state index contributed by atoms with van der Waals surface area (Å²) in [7, 11) is -2.71. The summed E-state index contributed by atoms with van der Waals surface area (Å²) in [6.07, 6.45) is 1.44. The number of rotatable bonds is 6. The van der Waals surface area contributed by atoms with Crippen molar-refractivity contribution in [3.8, 4) is 0 Å². The summed E-state index contributed by atoms with van der Waals surface area (Å²) in [6.45, 7) is 2.06. The van der Waals surface area contributed by atoms with Crippen molar-refractivity contribution in [1.29, 1.82) is 0 Å². The van der Waals surface area contributed by atoms with Crippen molar-refractivity contribution in [2.45, 2.75) is 25.7 Å². The van der Waals surface area contributed by atoms with Gasteiger partial charge in [0.2, 0.25) is 0 Å². The fourth-order valence-electron chi connectivity index (χ4n) is 3.62. The molecule has 0 fully saturated rings. The van der Waals surface area contributed by atoms with Gasteiger partial charge in [-0.1, -0.05) is 0 Å². The Balaban J connectivity index is 2.33. The zero-order chi connectivity index (χ0) is 16.8. The van der Waals surface area contributed by atoms with Gasteiger partial charge in [0.25, 0.3) is 0 Å². The van der Waals surface area contributed by atoms with Crippen LogP contribution in [-0.2, 0) is 0 Å². The van der Waals surface area contributed by atoms with Gasteiger partial charge in [0.05, 0.1) is 0 Å². The fourth-order valence-corrected chi connectivity index (χ4v) is 8.58. The monoisotopic (exact) mass is 338 g/mol. The Morgan fingerprint density at radius 1 is 0.667 bits per heavy atom. The molecule has 0 heterocycles. The molecule has 3 aromatic rings.